The lowest BCUT2D eigenvalue weighted by atomic mass is 9.79. The van der Waals surface area contributed by atoms with Crippen molar-refractivity contribution in [2.45, 2.75) is 31.1 Å². The van der Waals surface area contributed by atoms with Gasteiger partial charge in [-0.25, -0.2) is 4.98 Å². The molecule has 120 valence electrons. The molecule has 0 bridgehead atoms. The molecule has 1 heterocycles. The molecule has 0 saturated heterocycles. The topological polar surface area (TPSA) is 37.0 Å². The normalized spacial score (nSPS) is 16.0. The van der Waals surface area contributed by atoms with E-state index in [9.17, 15) is 0 Å². The molecule has 0 amide bonds. The number of aromatic nitrogens is 1. The van der Waals surface area contributed by atoms with Crippen LogP contribution in [0.15, 0.2) is 48.7 Å². The molecular formula is C18H20ClN3S. The Labute approximate surface area is 147 Å². The van der Waals surface area contributed by atoms with Crippen LogP contribution in [0.4, 0.5) is 5.82 Å². The molecule has 0 unspecified atom stereocenters. The number of rotatable bonds is 4. The second kappa shape index (κ2) is 7.28. The third-order valence-electron chi connectivity index (χ3n) is 4.49. The summed E-state index contributed by atoms with van der Waals surface area (Å²) in [6.07, 6.45) is 6.55. The van der Waals surface area contributed by atoms with E-state index in [0.717, 1.165) is 30.2 Å². The van der Waals surface area contributed by atoms with E-state index < -0.39 is 0 Å². The first-order valence-corrected chi connectivity index (χ1v) is 8.69. The third-order valence-corrected chi connectivity index (χ3v) is 4.97. The average molecular weight is 346 g/mol. The summed E-state index contributed by atoms with van der Waals surface area (Å²) in [5.74, 6) is 0.758. The summed E-state index contributed by atoms with van der Waals surface area (Å²) in [7, 11) is 0. The van der Waals surface area contributed by atoms with Crippen LogP contribution in [0.1, 0.15) is 31.2 Å². The maximum atomic E-state index is 6.19. The fourth-order valence-electron chi connectivity index (χ4n) is 3.28. The van der Waals surface area contributed by atoms with Gasteiger partial charge in [-0.3, -0.25) is 0 Å². The van der Waals surface area contributed by atoms with E-state index in [1.165, 1.54) is 18.4 Å². The highest BCUT2D eigenvalue weighted by Crippen LogP contribution is 2.41. The Balaban J connectivity index is 1.67. The van der Waals surface area contributed by atoms with Crippen molar-refractivity contribution in [1.29, 1.82) is 0 Å². The summed E-state index contributed by atoms with van der Waals surface area (Å²) in [4.78, 5) is 4.23. The summed E-state index contributed by atoms with van der Waals surface area (Å²) in [6, 6.07) is 13.9. The number of halogens is 1. The Morgan fingerprint density at radius 2 is 2.00 bits per heavy atom. The summed E-state index contributed by atoms with van der Waals surface area (Å²) >= 11 is 11.6. The van der Waals surface area contributed by atoms with Crippen LogP contribution in [0, 0.1) is 0 Å². The standard InChI is InChI=1S/C18H20ClN3S/c19-15-7-5-6-14(12-15)18(9-2-3-10-18)13-21-17(23)22-16-8-1-4-11-20-16/h1,4-8,11-12H,2-3,9-10,13H2,(H2,20,21,22,23). The predicted molar refractivity (Wildman–Crippen MR) is 100 cm³/mol. The predicted octanol–water partition coefficient (Wildman–Crippen LogP) is 4.53. The largest absolute Gasteiger partial charge is 0.362 e. The molecule has 2 aromatic rings. The molecule has 1 aromatic carbocycles. The minimum atomic E-state index is 0.112. The second-order valence-corrected chi connectivity index (χ2v) is 6.87. The van der Waals surface area contributed by atoms with Crippen LogP contribution in [-0.2, 0) is 5.41 Å². The molecule has 0 atom stereocenters. The molecule has 1 aliphatic rings. The zero-order chi connectivity index (χ0) is 16.1. The SMILES string of the molecule is S=C(NCC1(c2cccc(Cl)c2)CCCC1)Nc1ccccn1. The minimum Gasteiger partial charge on any atom is -0.362 e. The molecule has 1 saturated carbocycles. The van der Waals surface area contributed by atoms with Crippen molar-refractivity contribution >= 4 is 34.7 Å². The van der Waals surface area contributed by atoms with Crippen LogP contribution in [0.2, 0.25) is 5.02 Å². The van der Waals surface area contributed by atoms with E-state index >= 15 is 0 Å². The minimum absolute atomic E-state index is 0.112. The van der Waals surface area contributed by atoms with Crippen molar-refractivity contribution in [3.8, 4) is 0 Å². The van der Waals surface area contributed by atoms with Crippen molar-refractivity contribution in [3.05, 3.63) is 59.2 Å². The molecule has 5 heteroatoms. The lowest BCUT2D eigenvalue weighted by Gasteiger charge is -2.30. The van der Waals surface area contributed by atoms with Crippen molar-refractivity contribution in [2.75, 3.05) is 11.9 Å². The highest BCUT2D eigenvalue weighted by Gasteiger charge is 2.35. The monoisotopic (exact) mass is 345 g/mol. The number of nitrogens with zero attached hydrogens (tertiary/aromatic N) is 1. The van der Waals surface area contributed by atoms with Gasteiger partial charge in [-0.2, -0.15) is 0 Å². The number of hydrogen-bond acceptors (Lipinski definition) is 2. The van der Waals surface area contributed by atoms with Gasteiger partial charge in [0.15, 0.2) is 5.11 Å². The lowest BCUT2D eigenvalue weighted by Crippen LogP contribution is -2.40. The maximum Gasteiger partial charge on any atom is 0.171 e. The average Bonchev–Trinajstić information content (AvgIpc) is 3.04. The smallest absolute Gasteiger partial charge is 0.171 e. The molecule has 3 nitrogen and oxygen atoms in total. The van der Waals surface area contributed by atoms with Gasteiger partial charge in [-0.1, -0.05) is 42.6 Å². The number of thiocarbonyl (C=S) groups is 1. The first-order valence-electron chi connectivity index (χ1n) is 7.90. The van der Waals surface area contributed by atoms with Crippen LogP contribution in [-0.4, -0.2) is 16.6 Å². The van der Waals surface area contributed by atoms with Gasteiger partial charge in [-0.15, -0.1) is 0 Å². The van der Waals surface area contributed by atoms with Gasteiger partial charge in [0, 0.05) is 23.2 Å². The zero-order valence-electron chi connectivity index (χ0n) is 12.9. The number of nitrogens with one attached hydrogen (secondary N) is 2. The first-order chi connectivity index (χ1) is 11.2. The summed E-state index contributed by atoms with van der Waals surface area (Å²) in [5, 5.41) is 7.90. The van der Waals surface area contributed by atoms with Crippen molar-refractivity contribution < 1.29 is 0 Å². The molecule has 0 radical (unpaired) electrons. The fourth-order valence-corrected chi connectivity index (χ4v) is 3.65. The fraction of sp³-hybridized carbons (Fsp3) is 0.333. The molecule has 2 N–H and O–H groups in total. The molecule has 1 aromatic heterocycles. The van der Waals surface area contributed by atoms with Crippen LogP contribution < -0.4 is 10.6 Å². The van der Waals surface area contributed by atoms with Crippen LogP contribution in [0.5, 0.6) is 0 Å². The quantitative estimate of drug-likeness (QED) is 0.798. The zero-order valence-corrected chi connectivity index (χ0v) is 14.5. The summed E-state index contributed by atoms with van der Waals surface area (Å²) < 4.78 is 0. The molecule has 3 rings (SSSR count). The van der Waals surface area contributed by atoms with Gasteiger partial charge < -0.3 is 10.6 Å². The van der Waals surface area contributed by atoms with Crippen molar-refractivity contribution in [2.24, 2.45) is 0 Å². The second-order valence-electron chi connectivity index (χ2n) is 6.02. The molecule has 1 aliphatic carbocycles. The summed E-state index contributed by atoms with van der Waals surface area (Å²) in [5.41, 5.74) is 1.41. The molecule has 0 spiro atoms. The van der Waals surface area contributed by atoms with Crippen molar-refractivity contribution in [1.82, 2.24) is 10.3 Å². The van der Waals surface area contributed by atoms with Crippen LogP contribution in [0.3, 0.4) is 0 Å². The van der Waals surface area contributed by atoms with Gasteiger partial charge >= 0.3 is 0 Å². The third kappa shape index (κ3) is 4.01. The Hall–Kier alpha value is -1.65. The van der Waals surface area contributed by atoms with E-state index in [4.69, 9.17) is 23.8 Å². The molecule has 23 heavy (non-hydrogen) atoms. The Morgan fingerprint density at radius 1 is 1.17 bits per heavy atom. The first kappa shape index (κ1) is 16.2. The van der Waals surface area contributed by atoms with E-state index in [-0.39, 0.29) is 5.41 Å². The van der Waals surface area contributed by atoms with E-state index in [0.29, 0.717) is 5.11 Å². The highest BCUT2D eigenvalue weighted by atomic mass is 35.5. The van der Waals surface area contributed by atoms with Crippen LogP contribution >= 0.6 is 23.8 Å². The Kier molecular flexibility index (Phi) is 5.13. The summed E-state index contributed by atoms with van der Waals surface area (Å²) in [6.45, 7) is 0.812. The highest BCUT2D eigenvalue weighted by molar-refractivity contribution is 7.80. The van der Waals surface area contributed by atoms with E-state index in [1.54, 1.807) is 6.20 Å². The van der Waals surface area contributed by atoms with Gasteiger partial charge in [0.1, 0.15) is 5.82 Å². The van der Waals surface area contributed by atoms with E-state index in [2.05, 4.69) is 27.8 Å². The maximum absolute atomic E-state index is 6.19. The van der Waals surface area contributed by atoms with Gasteiger partial charge in [0.25, 0.3) is 0 Å². The van der Waals surface area contributed by atoms with Gasteiger partial charge in [-0.05, 0) is 54.9 Å². The Morgan fingerprint density at radius 3 is 2.70 bits per heavy atom. The van der Waals surface area contributed by atoms with Gasteiger partial charge in [0.05, 0.1) is 0 Å². The van der Waals surface area contributed by atoms with Crippen LogP contribution in [0.25, 0.3) is 0 Å². The molecule has 0 aliphatic heterocycles. The number of anilines is 1. The Bertz CT molecular complexity index is 669. The van der Waals surface area contributed by atoms with E-state index in [1.807, 2.05) is 30.3 Å². The number of pyridine rings is 1. The number of benzene rings is 1. The molecule has 1 fully saturated rings. The van der Waals surface area contributed by atoms with Gasteiger partial charge in [0.2, 0.25) is 0 Å². The molecular weight excluding hydrogens is 326 g/mol. The van der Waals surface area contributed by atoms with Crippen molar-refractivity contribution in [3.63, 3.8) is 0 Å². The lowest BCUT2D eigenvalue weighted by molar-refractivity contribution is 0.435. The number of hydrogen-bond donors (Lipinski definition) is 2.